The first-order chi connectivity index (χ1) is 11.6. The maximum absolute atomic E-state index is 12.6. The van der Waals surface area contributed by atoms with Crippen LogP contribution in [0.5, 0.6) is 5.88 Å². The average molecular weight is 321 g/mol. The first-order valence-electron chi connectivity index (χ1n) is 7.43. The summed E-state index contributed by atoms with van der Waals surface area (Å²) in [5.41, 5.74) is 1.33. The van der Waals surface area contributed by atoms with Crippen molar-refractivity contribution < 1.29 is 14.5 Å². The van der Waals surface area contributed by atoms with Crippen LogP contribution < -0.4 is 15.0 Å². The zero-order valence-corrected chi connectivity index (χ0v) is 13.1. The molecule has 0 atom stereocenters. The summed E-state index contributed by atoms with van der Waals surface area (Å²) in [6.45, 7) is 2.05. The van der Waals surface area contributed by atoms with Crippen LogP contribution in [0.4, 0.5) is 5.82 Å². The van der Waals surface area contributed by atoms with Crippen LogP contribution in [-0.2, 0) is 6.54 Å². The molecule has 24 heavy (non-hydrogen) atoms. The summed E-state index contributed by atoms with van der Waals surface area (Å²) < 4.78 is 2.96. The summed E-state index contributed by atoms with van der Waals surface area (Å²) >= 11 is 0. The summed E-state index contributed by atoms with van der Waals surface area (Å²) in [6.07, 6.45) is 1.84. The predicted molar refractivity (Wildman–Crippen MR) is 84.2 cm³/mol. The minimum atomic E-state index is -0.532. The van der Waals surface area contributed by atoms with E-state index in [1.807, 2.05) is 19.1 Å². The number of nitriles is 1. The van der Waals surface area contributed by atoms with E-state index in [-0.39, 0.29) is 18.7 Å². The summed E-state index contributed by atoms with van der Waals surface area (Å²) in [5, 5.41) is 24.1. The molecule has 3 aromatic rings. The number of fused-ring (bicyclic) bond motifs is 1. The number of anilines is 1. The Balaban J connectivity index is 2.04. The molecule has 3 heterocycles. The molecule has 0 unspecified atom stereocenters. The third-order valence-electron chi connectivity index (χ3n) is 3.60. The van der Waals surface area contributed by atoms with Crippen LogP contribution in [0.2, 0.25) is 0 Å². The van der Waals surface area contributed by atoms with Crippen LogP contribution in [0.1, 0.15) is 22.6 Å². The summed E-state index contributed by atoms with van der Waals surface area (Å²) in [4.78, 5) is 16.8. The van der Waals surface area contributed by atoms with Gasteiger partial charge >= 0.3 is 0 Å². The van der Waals surface area contributed by atoms with E-state index in [0.717, 1.165) is 5.69 Å². The minimum absolute atomic E-state index is 0.00755. The van der Waals surface area contributed by atoms with Crippen molar-refractivity contribution in [1.82, 2.24) is 9.38 Å². The fourth-order valence-electron chi connectivity index (χ4n) is 2.55. The molecule has 7 nitrogen and oxygen atoms in total. The second-order valence-electron chi connectivity index (χ2n) is 5.26. The van der Waals surface area contributed by atoms with Crippen LogP contribution >= 0.6 is 0 Å². The quantitative estimate of drug-likeness (QED) is 0.729. The van der Waals surface area contributed by atoms with Crippen LogP contribution in [0, 0.1) is 18.3 Å². The molecular formula is C17H15N5O2. The summed E-state index contributed by atoms with van der Waals surface area (Å²) in [6, 6.07) is 12.5. The number of imidazole rings is 1. The van der Waals surface area contributed by atoms with Crippen molar-refractivity contribution >= 4 is 17.4 Å². The fraction of sp³-hybridized carbons (Fsp3) is 0.176. The Bertz CT molecular complexity index is 955. The lowest BCUT2D eigenvalue weighted by Gasteiger charge is -2.06. The molecule has 3 aromatic heterocycles. The smallest absolute Gasteiger partial charge is 0.300 e. The molecule has 0 saturated carbocycles. The number of hydrogen-bond acceptors (Lipinski definition) is 4. The van der Waals surface area contributed by atoms with Gasteiger partial charge in [0.2, 0.25) is 5.69 Å². The molecule has 7 heteroatoms. The van der Waals surface area contributed by atoms with Gasteiger partial charge in [-0.05, 0) is 25.1 Å². The van der Waals surface area contributed by atoms with E-state index in [1.165, 1.54) is 8.97 Å². The van der Waals surface area contributed by atoms with E-state index in [4.69, 9.17) is 5.26 Å². The molecule has 0 aliphatic heterocycles. The second kappa shape index (κ2) is 6.38. The number of nitrogens with one attached hydrogen (secondary N) is 1. The Morgan fingerprint density at radius 1 is 1.38 bits per heavy atom. The molecule has 1 N–H and O–H groups in total. The van der Waals surface area contributed by atoms with Gasteiger partial charge in [-0.1, -0.05) is 12.1 Å². The highest BCUT2D eigenvalue weighted by Gasteiger charge is 2.25. The molecule has 0 radical (unpaired) electrons. The first kappa shape index (κ1) is 15.5. The maximum atomic E-state index is 12.6. The number of carbonyl (C=O) groups excluding carboxylic acids is 1. The molecular weight excluding hydrogens is 306 g/mol. The molecule has 3 rings (SSSR count). The lowest BCUT2D eigenvalue weighted by molar-refractivity contribution is -0.711. The van der Waals surface area contributed by atoms with Crippen molar-refractivity contribution in [3.05, 3.63) is 54.0 Å². The van der Waals surface area contributed by atoms with E-state index in [1.54, 1.807) is 36.5 Å². The lowest BCUT2D eigenvalue weighted by atomic mass is 10.3. The van der Waals surface area contributed by atoms with Gasteiger partial charge in [0.1, 0.15) is 18.2 Å². The van der Waals surface area contributed by atoms with Crippen molar-refractivity contribution in [1.29, 1.82) is 5.26 Å². The zero-order valence-electron chi connectivity index (χ0n) is 13.1. The number of hydrogen-bond donors (Lipinski definition) is 1. The van der Waals surface area contributed by atoms with Gasteiger partial charge in [0, 0.05) is 11.8 Å². The van der Waals surface area contributed by atoms with Gasteiger partial charge in [-0.3, -0.25) is 4.79 Å². The van der Waals surface area contributed by atoms with Gasteiger partial charge in [-0.25, -0.2) is 9.55 Å². The number of carbonyl (C=O) groups is 1. The van der Waals surface area contributed by atoms with Gasteiger partial charge < -0.3 is 10.4 Å². The van der Waals surface area contributed by atoms with Gasteiger partial charge in [0.25, 0.3) is 11.6 Å². The highest BCUT2D eigenvalue weighted by Crippen LogP contribution is 2.16. The Morgan fingerprint density at radius 2 is 2.21 bits per heavy atom. The molecule has 0 saturated heterocycles. The van der Waals surface area contributed by atoms with Crippen molar-refractivity contribution in [2.24, 2.45) is 0 Å². The Kier molecular flexibility index (Phi) is 4.12. The van der Waals surface area contributed by atoms with E-state index in [9.17, 15) is 9.90 Å². The van der Waals surface area contributed by atoms with Crippen LogP contribution in [0.15, 0.2) is 42.6 Å². The first-order valence-corrected chi connectivity index (χ1v) is 7.43. The van der Waals surface area contributed by atoms with E-state index in [0.29, 0.717) is 11.5 Å². The molecule has 0 fully saturated rings. The second-order valence-corrected chi connectivity index (χ2v) is 5.26. The van der Waals surface area contributed by atoms with Crippen molar-refractivity contribution in [3.8, 4) is 11.9 Å². The standard InChI is InChI=1S/C17H15N5O2/c1-12-6-4-7-13(19-12)20-16(23)15-17(24)22(11-5-9-18)14-8-2-3-10-21(14)15/h2-4,6-8,10H,5,11H2,1H3,(H-,19,20,23,24). The van der Waals surface area contributed by atoms with Crippen molar-refractivity contribution in [2.75, 3.05) is 5.32 Å². The van der Waals surface area contributed by atoms with E-state index < -0.39 is 11.8 Å². The highest BCUT2D eigenvalue weighted by molar-refractivity contribution is 6.04. The number of nitrogens with zero attached hydrogens (tertiary/aromatic N) is 4. The molecule has 0 spiro atoms. The monoisotopic (exact) mass is 321 g/mol. The van der Waals surface area contributed by atoms with Crippen LogP contribution in [0.25, 0.3) is 5.65 Å². The van der Waals surface area contributed by atoms with Crippen LogP contribution in [0.3, 0.4) is 0 Å². The lowest BCUT2D eigenvalue weighted by Crippen LogP contribution is -2.36. The zero-order chi connectivity index (χ0) is 17.1. The molecule has 0 aliphatic carbocycles. The number of amides is 1. The van der Waals surface area contributed by atoms with Gasteiger partial charge in [0.05, 0.1) is 18.7 Å². The predicted octanol–water partition coefficient (Wildman–Crippen LogP) is 1.17. The summed E-state index contributed by atoms with van der Waals surface area (Å²) in [5.74, 6) is -0.578. The number of aryl methyl sites for hydroxylation is 2. The fourth-order valence-corrected chi connectivity index (χ4v) is 2.55. The molecule has 120 valence electrons. The third kappa shape index (κ3) is 2.77. The molecule has 1 amide bonds. The normalized spacial score (nSPS) is 10.5. The molecule has 0 bridgehead atoms. The highest BCUT2D eigenvalue weighted by atomic mass is 16.3. The van der Waals surface area contributed by atoms with Crippen LogP contribution in [-0.4, -0.2) is 15.3 Å². The third-order valence-corrected chi connectivity index (χ3v) is 3.60. The Labute approximate surface area is 138 Å². The SMILES string of the molecule is Cc1cccc(NC(=O)c2c([O-])[n+](CCC#N)c3ccccn23)n1. The number of pyridine rings is 2. The maximum Gasteiger partial charge on any atom is 0.300 e. The molecule has 0 aliphatic rings. The Morgan fingerprint density at radius 3 is 2.96 bits per heavy atom. The average Bonchev–Trinajstić information content (AvgIpc) is 2.84. The van der Waals surface area contributed by atoms with Gasteiger partial charge in [-0.2, -0.15) is 9.66 Å². The number of aromatic nitrogens is 3. The number of rotatable bonds is 4. The van der Waals surface area contributed by atoms with Gasteiger partial charge in [-0.15, -0.1) is 0 Å². The largest absolute Gasteiger partial charge is 0.839 e. The van der Waals surface area contributed by atoms with Crippen molar-refractivity contribution in [3.63, 3.8) is 0 Å². The summed E-state index contributed by atoms with van der Waals surface area (Å²) in [7, 11) is 0. The van der Waals surface area contributed by atoms with Gasteiger partial charge in [0.15, 0.2) is 0 Å². The molecule has 0 aromatic carbocycles. The topological polar surface area (TPSA) is 97.1 Å². The minimum Gasteiger partial charge on any atom is -0.839 e. The Hall–Kier alpha value is -3.40. The van der Waals surface area contributed by atoms with E-state index in [2.05, 4.69) is 10.3 Å². The van der Waals surface area contributed by atoms with E-state index >= 15 is 0 Å². The van der Waals surface area contributed by atoms with Crippen molar-refractivity contribution in [2.45, 2.75) is 19.9 Å².